The first kappa shape index (κ1) is 9.96. The van der Waals surface area contributed by atoms with Gasteiger partial charge in [-0.25, -0.2) is 4.79 Å². The van der Waals surface area contributed by atoms with Gasteiger partial charge >= 0.3 is 5.97 Å². The number of methoxy groups -OCH3 is 1. The number of hydrogen-bond acceptors (Lipinski definition) is 3. The Bertz CT molecular complexity index is 274. The average Bonchev–Trinajstić information content (AvgIpc) is 2.08. The van der Waals surface area contributed by atoms with Crippen molar-refractivity contribution in [3.05, 3.63) is 11.6 Å². The smallest absolute Gasteiger partial charge is 0.334 e. The predicted molar refractivity (Wildman–Crippen MR) is 48.1 cm³/mol. The maximum atomic E-state index is 11.3. The minimum Gasteiger partial charge on any atom is -0.466 e. The van der Waals surface area contributed by atoms with Gasteiger partial charge in [0.1, 0.15) is 0 Å². The van der Waals surface area contributed by atoms with Crippen molar-refractivity contribution in [2.24, 2.45) is 5.41 Å². The quantitative estimate of drug-likeness (QED) is 0.577. The molecule has 0 saturated carbocycles. The molecule has 0 saturated heterocycles. The number of allylic oxidation sites excluding steroid dienone is 1. The van der Waals surface area contributed by atoms with Gasteiger partial charge in [0.15, 0.2) is 5.78 Å². The topological polar surface area (TPSA) is 43.4 Å². The minimum atomic E-state index is -0.391. The highest BCUT2D eigenvalue weighted by atomic mass is 16.5. The lowest BCUT2D eigenvalue weighted by Gasteiger charge is -2.28. The Kier molecular flexibility index (Phi) is 2.55. The second kappa shape index (κ2) is 3.32. The van der Waals surface area contributed by atoms with Crippen LogP contribution in [0.3, 0.4) is 0 Å². The van der Waals surface area contributed by atoms with Crippen molar-refractivity contribution in [3.8, 4) is 0 Å². The molecule has 0 amide bonds. The third-order valence-corrected chi connectivity index (χ3v) is 2.44. The van der Waals surface area contributed by atoms with Gasteiger partial charge in [-0.1, -0.05) is 13.8 Å². The summed E-state index contributed by atoms with van der Waals surface area (Å²) in [6.07, 6.45) is 2.65. The molecule has 3 heteroatoms. The van der Waals surface area contributed by atoms with E-state index in [1.165, 1.54) is 13.2 Å². The van der Waals surface area contributed by atoms with E-state index >= 15 is 0 Å². The number of carbonyl (C=O) groups is 2. The molecule has 1 aliphatic rings. The summed E-state index contributed by atoms with van der Waals surface area (Å²) in [5.41, 5.74) is 0.257. The molecule has 1 rings (SSSR count). The van der Waals surface area contributed by atoms with Crippen LogP contribution in [0.2, 0.25) is 0 Å². The molecule has 0 spiro atoms. The molecule has 0 aromatic carbocycles. The Morgan fingerprint density at radius 1 is 1.54 bits per heavy atom. The largest absolute Gasteiger partial charge is 0.466 e. The van der Waals surface area contributed by atoms with E-state index in [1.807, 2.05) is 13.8 Å². The first-order valence-electron chi connectivity index (χ1n) is 4.31. The molecule has 0 aromatic rings. The summed E-state index contributed by atoms with van der Waals surface area (Å²) in [7, 11) is 1.33. The highest BCUT2D eigenvalue weighted by Crippen LogP contribution is 2.35. The lowest BCUT2D eigenvalue weighted by atomic mass is 9.75. The minimum absolute atomic E-state index is 0.0136. The van der Waals surface area contributed by atoms with Crippen LogP contribution in [0.15, 0.2) is 11.6 Å². The molecule has 0 aromatic heterocycles. The van der Waals surface area contributed by atoms with E-state index in [4.69, 9.17) is 0 Å². The van der Waals surface area contributed by atoms with Crippen LogP contribution in [0.5, 0.6) is 0 Å². The van der Waals surface area contributed by atoms with Crippen LogP contribution in [0.1, 0.15) is 26.7 Å². The molecule has 0 unspecified atom stereocenters. The zero-order valence-electron chi connectivity index (χ0n) is 8.22. The summed E-state index contributed by atoms with van der Waals surface area (Å²) in [6.45, 7) is 3.89. The van der Waals surface area contributed by atoms with Crippen molar-refractivity contribution < 1.29 is 14.3 Å². The number of esters is 1. The summed E-state index contributed by atoms with van der Waals surface area (Å²) in [5.74, 6) is -0.377. The molecule has 0 radical (unpaired) electrons. The Labute approximate surface area is 77.8 Å². The first-order valence-corrected chi connectivity index (χ1v) is 4.31. The van der Waals surface area contributed by atoms with E-state index < -0.39 is 5.97 Å². The summed E-state index contributed by atoms with van der Waals surface area (Å²) in [5, 5.41) is 0. The third kappa shape index (κ3) is 1.97. The number of ether oxygens (including phenoxy) is 1. The summed E-state index contributed by atoms with van der Waals surface area (Å²) < 4.78 is 4.61. The highest BCUT2D eigenvalue weighted by Gasteiger charge is 2.33. The number of carbonyl (C=O) groups excluding carboxylic acids is 2. The van der Waals surface area contributed by atoms with Gasteiger partial charge in [-0.3, -0.25) is 4.79 Å². The van der Waals surface area contributed by atoms with E-state index in [0.29, 0.717) is 18.4 Å². The third-order valence-electron chi connectivity index (χ3n) is 2.44. The van der Waals surface area contributed by atoms with E-state index in [-0.39, 0.29) is 11.2 Å². The van der Waals surface area contributed by atoms with E-state index in [1.54, 1.807) is 0 Å². The Morgan fingerprint density at radius 2 is 2.15 bits per heavy atom. The second-order valence-corrected chi connectivity index (χ2v) is 3.90. The van der Waals surface area contributed by atoms with Gasteiger partial charge in [0.25, 0.3) is 0 Å². The molecule has 0 bridgehead atoms. The van der Waals surface area contributed by atoms with Crippen molar-refractivity contribution >= 4 is 11.8 Å². The Balaban J connectivity index is 3.01. The van der Waals surface area contributed by atoms with Crippen molar-refractivity contribution in [1.29, 1.82) is 0 Å². The van der Waals surface area contributed by atoms with Crippen molar-refractivity contribution in [2.45, 2.75) is 26.7 Å². The van der Waals surface area contributed by atoms with Crippen molar-refractivity contribution in [2.75, 3.05) is 7.11 Å². The van der Waals surface area contributed by atoms with Gasteiger partial charge in [-0.15, -0.1) is 0 Å². The number of rotatable bonds is 1. The fraction of sp³-hybridized carbons (Fsp3) is 0.600. The summed E-state index contributed by atoms with van der Waals surface area (Å²) in [6, 6.07) is 0. The standard InChI is InChI=1S/C10H14O3/c1-10(2)5-4-7(11)6-8(10)9(12)13-3/h6H,4-5H2,1-3H3. The van der Waals surface area contributed by atoms with Crippen LogP contribution >= 0.6 is 0 Å². The normalized spacial score (nSPS) is 20.8. The Hall–Kier alpha value is -1.12. The lowest BCUT2D eigenvalue weighted by Crippen LogP contribution is -2.27. The number of hydrogen-bond donors (Lipinski definition) is 0. The van der Waals surface area contributed by atoms with Crippen LogP contribution in [0.4, 0.5) is 0 Å². The van der Waals surface area contributed by atoms with Gasteiger partial charge in [-0.05, 0) is 17.9 Å². The van der Waals surface area contributed by atoms with E-state index in [2.05, 4.69) is 4.74 Å². The van der Waals surface area contributed by atoms with E-state index in [0.717, 1.165) is 0 Å². The molecule has 0 heterocycles. The molecule has 72 valence electrons. The van der Waals surface area contributed by atoms with Crippen molar-refractivity contribution in [1.82, 2.24) is 0 Å². The lowest BCUT2D eigenvalue weighted by molar-refractivity contribution is -0.138. The summed E-state index contributed by atoms with van der Waals surface area (Å²) >= 11 is 0. The van der Waals surface area contributed by atoms with Crippen molar-refractivity contribution in [3.63, 3.8) is 0 Å². The zero-order valence-corrected chi connectivity index (χ0v) is 8.22. The Morgan fingerprint density at radius 3 is 2.69 bits per heavy atom. The molecule has 1 aliphatic carbocycles. The molecule has 0 aliphatic heterocycles. The van der Waals surface area contributed by atoms with Crippen LogP contribution in [-0.2, 0) is 14.3 Å². The molecular formula is C10H14O3. The highest BCUT2D eigenvalue weighted by molar-refractivity contribution is 6.01. The molecule has 3 nitrogen and oxygen atoms in total. The van der Waals surface area contributed by atoms with Gasteiger partial charge in [-0.2, -0.15) is 0 Å². The van der Waals surface area contributed by atoms with Gasteiger partial charge < -0.3 is 4.74 Å². The molecular weight excluding hydrogens is 168 g/mol. The predicted octanol–water partition coefficient (Wildman–Crippen LogP) is 1.47. The molecule has 0 N–H and O–H groups in total. The average molecular weight is 182 g/mol. The first-order chi connectivity index (χ1) is 5.97. The maximum Gasteiger partial charge on any atom is 0.334 e. The molecule has 0 fully saturated rings. The monoisotopic (exact) mass is 182 g/mol. The molecule has 0 atom stereocenters. The van der Waals surface area contributed by atoms with Gasteiger partial charge in [0.2, 0.25) is 0 Å². The van der Waals surface area contributed by atoms with Gasteiger partial charge in [0.05, 0.1) is 7.11 Å². The van der Waals surface area contributed by atoms with Crippen LogP contribution < -0.4 is 0 Å². The van der Waals surface area contributed by atoms with Gasteiger partial charge in [0, 0.05) is 12.0 Å². The second-order valence-electron chi connectivity index (χ2n) is 3.90. The number of ketones is 1. The fourth-order valence-electron chi connectivity index (χ4n) is 1.44. The zero-order chi connectivity index (χ0) is 10.1. The molecule has 13 heavy (non-hydrogen) atoms. The SMILES string of the molecule is COC(=O)C1=CC(=O)CCC1(C)C. The van der Waals surface area contributed by atoms with Crippen LogP contribution in [-0.4, -0.2) is 18.9 Å². The summed E-state index contributed by atoms with van der Waals surface area (Å²) in [4.78, 5) is 22.4. The maximum absolute atomic E-state index is 11.3. The van der Waals surface area contributed by atoms with Crippen LogP contribution in [0.25, 0.3) is 0 Å². The fourth-order valence-corrected chi connectivity index (χ4v) is 1.44. The van der Waals surface area contributed by atoms with Crippen LogP contribution in [0, 0.1) is 5.41 Å². The van der Waals surface area contributed by atoms with E-state index in [9.17, 15) is 9.59 Å².